The van der Waals surface area contributed by atoms with Gasteiger partial charge >= 0.3 is 18.3 Å². The Kier molecular flexibility index (Phi) is 6.83. The smallest absolute Gasteiger partial charge is 0.422 e. The number of rotatable bonds is 5. The molecule has 0 spiro atoms. The highest BCUT2D eigenvalue weighted by Gasteiger charge is 2.29. The summed E-state index contributed by atoms with van der Waals surface area (Å²) in [5.74, 6) is -0.684. The van der Waals surface area contributed by atoms with Gasteiger partial charge in [-0.1, -0.05) is 6.07 Å². The van der Waals surface area contributed by atoms with Gasteiger partial charge in [0.2, 0.25) is 5.91 Å². The number of carbonyl (C=O) groups is 3. The molecule has 0 aliphatic rings. The van der Waals surface area contributed by atoms with E-state index in [1.54, 1.807) is 12.1 Å². The second-order valence-corrected chi connectivity index (χ2v) is 4.38. The number of hydrogen-bond donors (Lipinski definition) is 4. The number of carbonyl (C=O) groups excluding carboxylic acids is 3. The van der Waals surface area contributed by atoms with Crippen LogP contribution in [0.5, 0.6) is 0 Å². The number of halogens is 3. The van der Waals surface area contributed by atoms with Crippen LogP contribution < -0.4 is 21.3 Å². The molecular weight excluding hydrogens is 333 g/mol. The van der Waals surface area contributed by atoms with Crippen LogP contribution in [-0.2, 0) is 9.53 Å². The summed E-state index contributed by atoms with van der Waals surface area (Å²) < 4.78 is 39.4. The molecule has 4 amide bonds. The van der Waals surface area contributed by atoms with Crippen molar-refractivity contribution in [1.82, 2.24) is 10.6 Å². The number of benzene rings is 1. The number of urea groups is 1. The highest BCUT2D eigenvalue weighted by molar-refractivity contribution is 5.95. The third kappa shape index (κ3) is 7.87. The zero-order valence-corrected chi connectivity index (χ0v) is 12.5. The highest BCUT2D eigenvalue weighted by Crippen LogP contribution is 2.15. The van der Waals surface area contributed by atoms with Crippen molar-refractivity contribution in [2.45, 2.75) is 6.18 Å². The van der Waals surface area contributed by atoms with E-state index in [9.17, 15) is 27.6 Å². The van der Waals surface area contributed by atoms with Gasteiger partial charge in [-0.3, -0.25) is 4.79 Å². The molecule has 1 aromatic carbocycles. The summed E-state index contributed by atoms with van der Waals surface area (Å²) in [6.45, 7) is -2.32. The van der Waals surface area contributed by atoms with Crippen LogP contribution in [0.1, 0.15) is 0 Å². The van der Waals surface area contributed by atoms with E-state index in [1.165, 1.54) is 19.2 Å². The van der Waals surface area contributed by atoms with Gasteiger partial charge in [-0.25, -0.2) is 9.59 Å². The van der Waals surface area contributed by atoms with E-state index in [0.29, 0.717) is 11.4 Å². The Labute approximate surface area is 134 Å². The Balaban J connectivity index is 2.43. The predicted molar refractivity (Wildman–Crippen MR) is 78.6 cm³/mol. The van der Waals surface area contributed by atoms with Crippen LogP contribution in [0.2, 0.25) is 0 Å². The van der Waals surface area contributed by atoms with Crippen LogP contribution >= 0.6 is 0 Å². The molecule has 0 unspecified atom stereocenters. The summed E-state index contributed by atoms with van der Waals surface area (Å²) in [6, 6.07) is 5.67. The zero-order chi connectivity index (χ0) is 18.2. The number of amides is 4. The lowest BCUT2D eigenvalue weighted by atomic mass is 10.2. The van der Waals surface area contributed by atoms with Gasteiger partial charge in [-0.2, -0.15) is 13.2 Å². The van der Waals surface area contributed by atoms with Gasteiger partial charge in [0.05, 0.1) is 0 Å². The Morgan fingerprint density at radius 1 is 1.12 bits per heavy atom. The standard InChI is InChI=1S/C13H15F3N4O4/c1-17-11(22)20-9-4-2-3-8(5-9)19-10(21)6-18-12(23)24-7-13(14,15)16/h2-5H,6-7H2,1H3,(H,18,23)(H,19,21)(H2,17,20,22). The van der Waals surface area contributed by atoms with Crippen molar-refractivity contribution >= 4 is 29.4 Å². The van der Waals surface area contributed by atoms with Crippen LogP contribution in [0.3, 0.4) is 0 Å². The molecule has 0 bridgehead atoms. The Hall–Kier alpha value is -2.98. The number of nitrogens with one attached hydrogen (secondary N) is 4. The summed E-state index contributed by atoms with van der Waals surface area (Å²) in [5.41, 5.74) is 0.726. The minimum Gasteiger partial charge on any atom is -0.440 e. The third-order valence-corrected chi connectivity index (χ3v) is 2.39. The fourth-order valence-electron chi connectivity index (χ4n) is 1.42. The maximum absolute atomic E-state index is 11.8. The molecule has 0 atom stereocenters. The highest BCUT2D eigenvalue weighted by atomic mass is 19.4. The second-order valence-electron chi connectivity index (χ2n) is 4.38. The van der Waals surface area contributed by atoms with E-state index >= 15 is 0 Å². The first-order chi connectivity index (χ1) is 11.2. The summed E-state index contributed by atoms with van der Waals surface area (Å²) >= 11 is 0. The molecule has 132 valence electrons. The Morgan fingerprint density at radius 3 is 2.33 bits per heavy atom. The number of anilines is 2. The monoisotopic (exact) mass is 348 g/mol. The van der Waals surface area contributed by atoms with Gasteiger partial charge in [0.1, 0.15) is 6.54 Å². The average molecular weight is 348 g/mol. The minimum atomic E-state index is -4.64. The van der Waals surface area contributed by atoms with E-state index in [2.05, 4.69) is 20.7 Å². The molecule has 0 radical (unpaired) electrons. The molecule has 0 saturated carbocycles. The van der Waals surface area contributed by atoms with Gasteiger partial charge in [0, 0.05) is 18.4 Å². The van der Waals surface area contributed by atoms with Crippen LogP contribution in [0.4, 0.5) is 34.1 Å². The molecule has 1 rings (SSSR count). The van der Waals surface area contributed by atoms with Crippen LogP contribution in [0.15, 0.2) is 24.3 Å². The molecule has 0 saturated heterocycles. The first kappa shape index (κ1) is 19.1. The molecule has 8 nitrogen and oxygen atoms in total. The lowest BCUT2D eigenvalue weighted by Gasteiger charge is -2.10. The van der Waals surface area contributed by atoms with Crippen molar-refractivity contribution in [3.8, 4) is 0 Å². The maximum Gasteiger partial charge on any atom is 0.422 e. The molecule has 11 heteroatoms. The van der Waals surface area contributed by atoms with E-state index in [0.717, 1.165) is 0 Å². The second kappa shape index (κ2) is 8.60. The lowest BCUT2D eigenvalue weighted by molar-refractivity contribution is -0.160. The van der Waals surface area contributed by atoms with Gasteiger partial charge < -0.3 is 26.0 Å². The first-order valence-corrected chi connectivity index (χ1v) is 6.55. The largest absolute Gasteiger partial charge is 0.440 e. The van der Waals surface area contributed by atoms with Crippen LogP contribution in [0.25, 0.3) is 0 Å². The molecule has 1 aromatic rings. The topological polar surface area (TPSA) is 109 Å². The zero-order valence-electron chi connectivity index (χ0n) is 12.5. The molecule has 0 aliphatic heterocycles. The van der Waals surface area contributed by atoms with E-state index < -0.39 is 37.4 Å². The fourth-order valence-corrected chi connectivity index (χ4v) is 1.42. The van der Waals surface area contributed by atoms with Crippen molar-refractivity contribution in [2.75, 3.05) is 30.8 Å². The van der Waals surface area contributed by atoms with Crippen LogP contribution in [-0.4, -0.2) is 44.4 Å². The number of alkyl halides is 3. The quantitative estimate of drug-likeness (QED) is 0.649. The van der Waals surface area contributed by atoms with Crippen molar-refractivity contribution in [3.05, 3.63) is 24.3 Å². The van der Waals surface area contributed by atoms with Crippen molar-refractivity contribution in [1.29, 1.82) is 0 Å². The molecule has 24 heavy (non-hydrogen) atoms. The van der Waals surface area contributed by atoms with Crippen molar-refractivity contribution in [2.24, 2.45) is 0 Å². The number of alkyl carbamates (subject to hydrolysis) is 1. The van der Waals surface area contributed by atoms with E-state index in [-0.39, 0.29) is 0 Å². The van der Waals surface area contributed by atoms with E-state index in [4.69, 9.17) is 0 Å². The molecule has 0 aromatic heterocycles. The minimum absolute atomic E-state index is 0.319. The molecule has 0 aliphatic carbocycles. The fraction of sp³-hybridized carbons (Fsp3) is 0.308. The lowest BCUT2D eigenvalue weighted by Crippen LogP contribution is -2.35. The first-order valence-electron chi connectivity index (χ1n) is 6.55. The average Bonchev–Trinajstić information content (AvgIpc) is 2.50. The van der Waals surface area contributed by atoms with Crippen molar-refractivity contribution < 1.29 is 32.3 Å². The molecule has 0 heterocycles. The van der Waals surface area contributed by atoms with Gasteiger partial charge in [-0.05, 0) is 18.2 Å². The number of ether oxygens (including phenoxy) is 1. The molecule has 0 fully saturated rings. The van der Waals surface area contributed by atoms with Crippen molar-refractivity contribution in [3.63, 3.8) is 0 Å². The van der Waals surface area contributed by atoms with Gasteiger partial charge in [0.25, 0.3) is 0 Å². The molecular formula is C13H15F3N4O4. The Bertz CT molecular complexity index is 607. The summed E-state index contributed by atoms with van der Waals surface area (Å²) in [5, 5.41) is 9.12. The van der Waals surface area contributed by atoms with Gasteiger partial charge in [0.15, 0.2) is 6.61 Å². The van der Waals surface area contributed by atoms with Gasteiger partial charge in [-0.15, -0.1) is 0 Å². The number of hydrogen-bond acceptors (Lipinski definition) is 4. The SMILES string of the molecule is CNC(=O)Nc1cccc(NC(=O)CNC(=O)OCC(F)(F)F)c1. The van der Waals surface area contributed by atoms with E-state index in [1.807, 2.05) is 5.32 Å². The summed E-state index contributed by atoms with van der Waals surface area (Å²) in [6.07, 6.45) is -6.00. The predicted octanol–water partition coefficient (Wildman–Crippen LogP) is 1.66. The Morgan fingerprint density at radius 2 is 1.75 bits per heavy atom. The maximum atomic E-state index is 11.8. The molecule has 4 N–H and O–H groups in total. The normalized spacial score (nSPS) is 10.5. The summed E-state index contributed by atoms with van der Waals surface area (Å²) in [7, 11) is 1.44. The third-order valence-electron chi connectivity index (χ3n) is 2.39. The summed E-state index contributed by atoms with van der Waals surface area (Å²) in [4.78, 5) is 33.8. The van der Waals surface area contributed by atoms with Crippen LogP contribution in [0, 0.1) is 0 Å².